The highest BCUT2D eigenvalue weighted by Crippen LogP contribution is 2.21. The van der Waals surface area contributed by atoms with E-state index in [0.717, 1.165) is 31.1 Å². The van der Waals surface area contributed by atoms with Crippen molar-refractivity contribution in [3.05, 3.63) is 0 Å². The Balaban J connectivity index is 3.86. The Hall–Kier alpha value is -0.0500. The lowest BCUT2D eigenvalue weighted by molar-refractivity contribution is -0.125. The quantitative estimate of drug-likeness (QED) is 0.711. The SMILES string of the molecule is CCC(C)C(=O)NCC(C)(C)CCCBr. The van der Waals surface area contributed by atoms with Crippen molar-refractivity contribution in [2.75, 3.05) is 11.9 Å². The first-order chi connectivity index (χ1) is 6.93. The van der Waals surface area contributed by atoms with E-state index < -0.39 is 0 Å². The van der Waals surface area contributed by atoms with Gasteiger partial charge in [-0.05, 0) is 24.7 Å². The molecule has 0 aromatic carbocycles. The molecule has 0 aliphatic carbocycles. The molecule has 90 valence electrons. The molecule has 0 radical (unpaired) electrons. The topological polar surface area (TPSA) is 29.1 Å². The third kappa shape index (κ3) is 6.93. The maximum Gasteiger partial charge on any atom is 0.222 e. The highest BCUT2D eigenvalue weighted by molar-refractivity contribution is 9.09. The Bertz CT molecular complexity index is 192. The molecule has 1 atom stereocenters. The molecule has 0 heterocycles. The number of alkyl halides is 1. The Morgan fingerprint density at radius 2 is 2.07 bits per heavy atom. The van der Waals surface area contributed by atoms with Gasteiger partial charge in [-0.1, -0.05) is 43.6 Å². The summed E-state index contributed by atoms with van der Waals surface area (Å²) in [5.41, 5.74) is 0.205. The van der Waals surface area contributed by atoms with Crippen LogP contribution in [0.5, 0.6) is 0 Å². The number of halogens is 1. The molecule has 0 aromatic heterocycles. The lowest BCUT2D eigenvalue weighted by Crippen LogP contribution is -2.36. The van der Waals surface area contributed by atoms with Crippen molar-refractivity contribution >= 4 is 21.8 Å². The fraction of sp³-hybridized carbons (Fsp3) is 0.917. The molecule has 0 saturated heterocycles. The summed E-state index contributed by atoms with van der Waals surface area (Å²) in [5.74, 6) is 0.321. The predicted molar refractivity (Wildman–Crippen MR) is 69.3 cm³/mol. The molecular formula is C12H24BrNO. The molecule has 15 heavy (non-hydrogen) atoms. The monoisotopic (exact) mass is 277 g/mol. The molecule has 0 bridgehead atoms. The van der Waals surface area contributed by atoms with E-state index in [1.54, 1.807) is 0 Å². The largest absolute Gasteiger partial charge is 0.355 e. The number of carbonyl (C=O) groups is 1. The number of hydrogen-bond donors (Lipinski definition) is 1. The van der Waals surface area contributed by atoms with E-state index >= 15 is 0 Å². The average molecular weight is 278 g/mol. The molecule has 1 unspecified atom stereocenters. The van der Waals surface area contributed by atoms with Crippen molar-refractivity contribution in [1.82, 2.24) is 5.32 Å². The van der Waals surface area contributed by atoms with Gasteiger partial charge in [-0.15, -0.1) is 0 Å². The van der Waals surface area contributed by atoms with E-state index in [0.29, 0.717) is 0 Å². The Morgan fingerprint density at radius 1 is 1.47 bits per heavy atom. The van der Waals surface area contributed by atoms with E-state index in [9.17, 15) is 4.79 Å². The fourth-order valence-corrected chi connectivity index (χ4v) is 1.60. The van der Waals surface area contributed by atoms with Gasteiger partial charge in [0.05, 0.1) is 0 Å². The van der Waals surface area contributed by atoms with Gasteiger partial charge >= 0.3 is 0 Å². The van der Waals surface area contributed by atoms with Gasteiger partial charge in [0.2, 0.25) is 5.91 Å². The van der Waals surface area contributed by atoms with E-state index in [1.165, 1.54) is 0 Å². The minimum Gasteiger partial charge on any atom is -0.355 e. The number of carbonyl (C=O) groups excluding carboxylic acids is 1. The molecule has 3 heteroatoms. The second kappa shape index (κ2) is 7.26. The Morgan fingerprint density at radius 3 is 2.53 bits per heavy atom. The van der Waals surface area contributed by atoms with Gasteiger partial charge in [-0.25, -0.2) is 0 Å². The van der Waals surface area contributed by atoms with Crippen LogP contribution in [-0.2, 0) is 4.79 Å². The number of amides is 1. The van der Waals surface area contributed by atoms with Gasteiger partial charge in [-0.2, -0.15) is 0 Å². The first-order valence-electron chi connectivity index (χ1n) is 5.76. The second-order valence-corrected chi connectivity index (χ2v) is 5.78. The maximum atomic E-state index is 11.6. The van der Waals surface area contributed by atoms with Gasteiger partial charge in [0, 0.05) is 17.8 Å². The Labute approximate surface area is 102 Å². The van der Waals surface area contributed by atoms with E-state index in [1.807, 2.05) is 13.8 Å². The molecule has 0 aromatic rings. The summed E-state index contributed by atoms with van der Waals surface area (Å²) in [7, 11) is 0. The standard InChI is InChI=1S/C12H24BrNO/c1-5-10(2)11(15)14-9-12(3,4)7-6-8-13/h10H,5-9H2,1-4H3,(H,14,15). The zero-order chi connectivity index (χ0) is 11.9. The summed E-state index contributed by atoms with van der Waals surface area (Å²) in [5, 5.41) is 4.07. The second-order valence-electron chi connectivity index (χ2n) is 4.98. The van der Waals surface area contributed by atoms with Crippen molar-refractivity contribution in [2.45, 2.75) is 47.0 Å². The van der Waals surface area contributed by atoms with Crippen LogP contribution in [0, 0.1) is 11.3 Å². The number of nitrogens with one attached hydrogen (secondary N) is 1. The molecule has 0 rings (SSSR count). The van der Waals surface area contributed by atoms with Gasteiger partial charge in [0.15, 0.2) is 0 Å². The van der Waals surface area contributed by atoms with Crippen molar-refractivity contribution in [3.8, 4) is 0 Å². The summed E-state index contributed by atoms with van der Waals surface area (Å²) < 4.78 is 0. The smallest absolute Gasteiger partial charge is 0.222 e. The zero-order valence-electron chi connectivity index (χ0n) is 10.4. The average Bonchev–Trinajstić information content (AvgIpc) is 2.22. The molecule has 0 spiro atoms. The van der Waals surface area contributed by atoms with Crippen LogP contribution in [0.1, 0.15) is 47.0 Å². The first kappa shape index (κ1) is 14.9. The molecule has 0 fully saturated rings. The molecule has 0 saturated carbocycles. The normalized spacial score (nSPS) is 13.7. The molecule has 1 N–H and O–H groups in total. The van der Waals surface area contributed by atoms with Crippen molar-refractivity contribution in [3.63, 3.8) is 0 Å². The molecule has 1 amide bonds. The van der Waals surface area contributed by atoms with Crippen LogP contribution < -0.4 is 5.32 Å². The minimum atomic E-state index is 0.136. The first-order valence-corrected chi connectivity index (χ1v) is 6.88. The van der Waals surface area contributed by atoms with E-state index in [4.69, 9.17) is 0 Å². The van der Waals surface area contributed by atoms with Gasteiger partial charge in [-0.3, -0.25) is 4.79 Å². The van der Waals surface area contributed by atoms with Crippen molar-refractivity contribution in [2.24, 2.45) is 11.3 Å². The van der Waals surface area contributed by atoms with Crippen LogP contribution in [0.3, 0.4) is 0 Å². The molecule has 0 aliphatic rings. The minimum absolute atomic E-state index is 0.136. The lowest BCUT2D eigenvalue weighted by atomic mass is 9.88. The zero-order valence-corrected chi connectivity index (χ0v) is 12.0. The van der Waals surface area contributed by atoms with Crippen LogP contribution in [0.25, 0.3) is 0 Å². The van der Waals surface area contributed by atoms with Gasteiger partial charge in [0.25, 0.3) is 0 Å². The Kier molecular flexibility index (Phi) is 7.24. The van der Waals surface area contributed by atoms with Crippen LogP contribution in [0.15, 0.2) is 0 Å². The number of rotatable bonds is 7. The van der Waals surface area contributed by atoms with Gasteiger partial charge in [0.1, 0.15) is 0 Å². The van der Waals surface area contributed by atoms with Crippen molar-refractivity contribution < 1.29 is 4.79 Å². The summed E-state index contributed by atoms with van der Waals surface area (Å²) in [6.07, 6.45) is 3.21. The summed E-state index contributed by atoms with van der Waals surface area (Å²) in [4.78, 5) is 11.6. The van der Waals surface area contributed by atoms with Crippen LogP contribution >= 0.6 is 15.9 Å². The predicted octanol–water partition coefficient (Wildman–Crippen LogP) is 3.35. The summed E-state index contributed by atoms with van der Waals surface area (Å²) in [6.45, 7) is 9.20. The van der Waals surface area contributed by atoms with Crippen LogP contribution in [-0.4, -0.2) is 17.8 Å². The third-order valence-electron chi connectivity index (χ3n) is 2.79. The highest BCUT2D eigenvalue weighted by Gasteiger charge is 2.19. The van der Waals surface area contributed by atoms with Gasteiger partial charge < -0.3 is 5.32 Å². The summed E-state index contributed by atoms with van der Waals surface area (Å²) >= 11 is 3.43. The maximum absolute atomic E-state index is 11.6. The van der Waals surface area contributed by atoms with E-state index in [-0.39, 0.29) is 17.2 Å². The summed E-state index contributed by atoms with van der Waals surface area (Å²) in [6, 6.07) is 0. The lowest BCUT2D eigenvalue weighted by Gasteiger charge is -2.25. The highest BCUT2D eigenvalue weighted by atomic mass is 79.9. The van der Waals surface area contributed by atoms with E-state index in [2.05, 4.69) is 35.1 Å². The number of hydrogen-bond acceptors (Lipinski definition) is 1. The van der Waals surface area contributed by atoms with Crippen molar-refractivity contribution in [1.29, 1.82) is 0 Å². The molecule has 0 aliphatic heterocycles. The fourth-order valence-electron chi connectivity index (χ4n) is 1.32. The van der Waals surface area contributed by atoms with Crippen LogP contribution in [0.4, 0.5) is 0 Å². The molecular weight excluding hydrogens is 254 g/mol. The third-order valence-corrected chi connectivity index (χ3v) is 3.35. The molecule has 2 nitrogen and oxygen atoms in total. The van der Waals surface area contributed by atoms with Crippen LogP contribution in [0.2, 0.25) is 0 Å².